The number of hydrogen-bond donors (Lipinski definition) is 1. The van der Waals surface area contributed by atoms with Gasteiger partial charge in [0.1, 0.15) is 0 Å². The van der Waals surface area contributed by atoms with Crippen LogP contribution in [0.3, 0.4) is 0 Å². The standard InChI is InChI=1S/C12H14N2O2S/c1-13-12(8-3-9-12)14-10-4-6-11(7-5-10)17(2,15)16/h4-7,14H,3,8-9H2,2H3. The van der Waals surface area contributed by atoms with Crippen LogP contribution in [-0.2, 0) is 9.84 Å². The molecule has 0 radical (unpaired) electrons. The minimum atomic E-state index is -3.15. The highest BCUT2D eigenvalue weighted by Crippen LogP contribution is 2.36. The van der Waals surface area contributed by atoms with Crippen LogP contribution >= 0.6 is 0 Å². The average Bonchev–Trinajstić information content (AvgIpc) is 2.23. The monoisotopic (exact) mass is 250 g/mol. The molecule has 0 amide bonds. The number of hydrogen-bond acceptors (Lipinski definition) is 3. The van der Waals surface area contributed by atoms with Gasteiger partial charge in [-0.2, -0.15) is 0 Å². The van der Waals surface area contributed by atoms with E-state index in [1.165, 1.54) is 6.26 Å². The number of anilines is 1. The molecule has 0 bridgehead atoms. The molecule has 1 saturated carbocycles. The lowest BCUT2D eigenvalue weighted by Crippen LogP contribution is -2.41. The summed E-state index contributed by atoms with van der Waals surface area (Å²) in [5.41, 5.74) is 0.333. The van der Waals surface area contributed by atoms with Crippen LogP contribution in [0, 0.1) is 6.57 Å². The highest BCUT2D eigenvalue weighted by molar-refractivity contribution is 7.90. The molecule has 0 saturated heterocycles. The van der Waals surface area contributed by atoms with Gasteiger partial charge in [-0.1, -0.05) is 0 Å². The first-order valence-corrected chi connectivity index (χ1v) is 7.31. The van der Waals surface area contributed by atoms with Crippen LogP contribution in [0.2, 0.25) is 0 Å². The summed E-state index contributed by atoms with van der Waals surface area (Å²) in [6, 6.07) is 6.55. The Labute approximate surface area is 101 Å². The molecule has 2 rings (SSSR count). The summed E-state index contributed by atoms with van der Waals surface area (Å²) in [7, 11) is -3.15. The van der Waals surface area contributed by atoms with E-state index >= 15 is 0 Å². The Morgan fingerprint density at radius 1 is 1.29 bits per heavy atom. The molecule has 1 N–H and O–H groups in total. The summed E-state index contributed by atoms with van der Waals surface area (Å²) >= 11 is 0. The van der Waals surface area contributed by atoms with Crippen molar-refractivity contribution in [2.24, 2.45) is 0 Å². The maximum absolute atomic E-state index is 11.3. The average molecular weight is 250 g/mol. The topological polar surface area (TPSA) is 50.5 Å². The summed E-state index contributed by atoms with van der Waals surface area (Å²) in [4.78, 5) is 3.91. The number of rotatable bonds is 3. The van der Waals surface area contributed by atoms with Crippen molar-refractivity contribution in [2.45, 2.75) is 29.8 Å². The molecule has 90 valence electrons. The van der Waals surface area contributed by atoms with Crippen molar-refractivity contribution in [3.05, 3.63) is 35.7 Å². The molecule has 0 heterocycles. The second-order valence-electron chi connectivity index (χ2n) is 4.42. The van der Waals surface area contributed by atoms with Crippen LogP contribution in [0.5, 0.6) is 0 Å². The third kappa shape index (κ3) is 2.42. The molecule has 1 aromatic carbocycles. The Hall–Kier alpha value is -1.54. The lowest BCUT2D eigenvalue weighted by atomic mass is 9.85. The van der Waals surface area contributed by atoms with E-state index < -0.39 is 15.5 Å². The summed E-state index contributed by atoms with van der Waals surface area (Å²) in [6.07, 6.45) is 3.95. The van der Waals surface area contributed by atoms with Crippen molar-refractivity contribution in [1.82, 2.24) is 0 Å². The van der Waals surface area contributed by atoms with Gasteiger partial charge < -0.3 is 5.32 Å². The molecule has 0 atom stereocenters. The molecule has 0 spiro atoms. The third-order valence-electron chi connectivity index (χ3n) is 3.05. The van der Waals surface area contributed by atoms with E-state index in [9.17, 15) is 8.42 Å². The molecule has 17 heavy (non-hydrogen) atoms. The zero-order valence-corrected chi connectivity index (χ0v) is 10.4. The lowest BCUT2D eigenvalue weighted by Gasteiger charge is -2.31. The van der Waals surface area contributed by atoms with Crippen LogP contribution in [0.1, 0.15) is 19.3 Å². The van der Waals surface area contributed by atoms with Gasteiger partial charge in [0.2, 0.25) is 0 Å². The Morgan fingerprint density at radius 2 is 1.88 bits per heavy atom. The van der Waals surface area contributed by atoms with Gasteiger partial charge >= 0.3 is 5.66 Å². The first kappa shape index (κ1) is 11.9. The number of sulfone groups is 1. The van der Waals surface area contributed by atoms with E-state index in [-0.39, 0.29) is 0 Å². The van der Waals surface area contributed by atoms with Crippen molar-refractivity contribution in [3.63, 3.8) is 0 Å². The normalized spacial score (nSPS) is 17.9. The maximum atomic E-state index is 11.3. The van der Waals surface area contributed by atoms with Gasteiger partial charge in [0, 0.05) is 24.8 Å². The van der Waals surface area contributed by atoms with Crippen molar-refractivity contribution < 1.29 is 8.42 Å². The van der Waals surface area contributed by atoms with E-state index in [0.29, 0.717) is 4.90 Å². The van der Waals surface area contributed by atoms with E-state index in [0.717, 1.165) is 24.9 Å². The molecule has 1 aliphatic carbocycles. The van der Waals surface area contributed by atoms with Crippen LogP contribution < -0.4 is 5.32 Å². The van der Waals surface area contributed by atoms with Gasteiger partial charge in [0.05, 0.1) is 4.90 Å². The molecule has 0 aromatic heterocycles. The largest absolute Gasteiger partial charge is 0.314 e. The summed E-state index contributed by atoms with van der Waals surface area (Å²) in [6.45, 7) is 7.17. The van der Waals surface area contributed by atoms with Gasteiger partial charge in [0.25, 0.3) is 0 Å². The first-order valence-electron chi connectivity index (χ1n) is 5.42. The second kappa shape index (κ2) is 4.04. The number of nitrogens with zero attached hydrogens (tertiary/aromatic N) is 1. The molecular formula is C12H14N2O2S. The van der Waals surface area contributed by atoms with Crippen molar-refractivity contribution in [1.29, 1.82) is 0 Å². The number of nitrogens with one attached hydrogen (secondary N) is 1. The Balaban J connectivity index is 2.17. The van der Waals surface area contributed by atoms with Gasteiger partial charge in [-0.25, -0.2) is 15.0 Å². The van der Waals surface area contributed by atoms with E-state index in [4.69, 9.17) is 6.57 Å². The van der Waals surface area contributed by atoms with Gasteiger partial charge in [-0.15, -0.1) is 0 Å². The predicted octanol–water partition coefficient (Wildman–Crippen LogP) is 2.30. The van der Waals surface area contributed by atoms with Crippen molar-refractivity contribution >= 4 is 15.5 Å². The minimum Gasteiger partial charge on any atom is -0.314 e. The fourth-order valence-corrected chi connectivity index (χ4v) is 2.46. The Morgan fingerprint density at radius 3 is 2.24 bits per heavy atom. The van der Waals surface area contributed by atoms with E-state index in [1.807, 2.05) is 0 Å². The zero-order valence-electron chi connectivity index (χ0n) is 9.60. The fourth-order valence-electron chi connectivity index (χ4n) is 1.83. The molecule has 1 fully saturated rings. The van der Waals surface area contributed by atoms with E-state index in [2.05, 4.69) is 10.2 Å². The minimum absolute atomic E-state index is 0.300. The molecular weight excluding hydrogens is 236 g/mol. The van der Waals surface area contributed by atoms with Gasteiger partial charge in [-0.3, -0.25) is 4.85 Å². The second-order valence-corrected chi connectivity index (χ2v) is 6.43. The highest BCUT2D eigenvalue weighted by Gasteiger charge is 2.43. The van der Waals surface area contributed by atoms with Crippen molar-refractivity contribution in [2.75, 3.05) is 11.6 Å². The summed E-state index contributed by atoms with van der Waals surface area (Å²) in [5, 5.41) is 3.17. The summed E-state index contributed by atoms with van der Waals surface area (Å²) < 4.78 is 22.6. The van der Waals surface area contributed by atoms with Crippen LogP contribution in [0.15, 0.2) is 29.2 Å². The Kier molecular flexibility index (Phi) is 2.84. The smallest absolute Gasteiger partial charge is 0.305 e. The predicted molar refractivity (Wildman–Crippen MR) is 66.4 cm³/mol. The fraction of sp³-hybridized carbons (Fsp3) is 0.417. The molecule has 4 nitrogen and oxygen atoms in total. The van der Waals surface area contributed by atoms with Gasteiger partial charge in [0.15, 0.2) is 9.84 Å². The molecule has 1 aromatic rings. The highest BCUT2D eigenvalue weighted by atomic mass is 32.2. The first-order chi connectivity index (χ1) is 7.95. The lowest BCUT2D eigenvalue weighted by molar-refractivity contribution is 0.343. The summed E-state index contributed by atoms with van der Waals surface area (Å²) in [5.74, 6) is 0. The molecule has 0 aliphatic heterocycles. The maximum Gasteiger partial charge on any atom is 0.305 e. The SMILES string of the molecule is [C-]#[N+]C1(Nc2ccc(S(C)(=O)=O)cc2)CCC1. The van der Waals surface area contributed by atoms with Crippen molar-refractivity contribution in [3.8, 4) is 0 Å². The quantitative estimate of drug-likeness (QED) is 0.837. The molecule has 0 unspecified atom stereocenters. The van der Waals surface area contributed by atoms with Crippen LogP contribution in [-0.4, -0.2) is 20.3 Å². The third-order valence-corrected chi connectivity index (χ3v) is 4.18. The zero-order chi connectivity index (χ0) is 12.5. The molecule has 1 aliphatic rings. The van der Waals surface area contributed by atoms with Crippen LogP contribution in [0.4, 0.5) is 5.69 Å². The van der Waals surface area contributed by atoms with E-state index in [1.54, 1.807) is 24.3 Å². The number of benzene rings is 1. The Bertz CT molecular complexity index is 551. The van der Waals surface area contributed by atoms with Crippen LogP contribution in [0.25, 0.3) is 4.85 Å². The van der Waals surface area contributed by atoms with Gasteiger partial charge in [-0.05, 0) is 30.7 Å². The molecule has 5 heteroatoms.